The fourth-order valence-electron chi connectivity index (χ4n) is 1.27. The summed E-state index contributed by atoms with van der Waals surface area (Å²) in [6.45, 7) is 1.38. The van der Waals surface area contributed by atoms with Crippen LogP contribution in [0.25, 0.3) is 0 Å². The number of aromatic nitrogens is 4. The van der Waals surface area contributed by atoms with Crippen LogP contribution in [0.1, 0.15) is 11.6 Å². The molecule has 0 radical (unpaired) electrons. The maximum Gasteiger partial charge on any atom is 0.141 e. The molecular formula is C10H13N5. The molecule has 0 aliphatic carbocycles. The number of imidazole rings is 1. The van der Waals surface area contributed by atoms with E-state index in [0.717, 1.165) is 18.2 Å². The molecule has 2 aromatic heterocycles. The van der Waals surface area contributed by atoms with Crippen LogP contribution < -0.4 is 5.32 Å². The van der Waals surface area contributed by atoms with Crippen LogP contribution in [-0.4, -0.2) is 19.5 Å². The summed E-state index contributed by atoms with van der Waals surface area (Å²) < 4.78 is 1.98. The highest BCUT2D eigenvalue weighted by Gasteiger charge is 1.98. The van der Waals surface area contributed by atoms with Crippen molar-refractivity contribution < 1.29 is 0 Å². The van der Waals surface area contributed by atoms with Gasteiger partial charge in [0, 0.05) is 31.8 Å². The highest BCUT2D eigenvalue weighted by molar-refractivity contribution is 4.92. The predicted molar refractivity (Wildman–Crippen MR) is 55.8 cm³/mol. The molecule has 0 saturated carbocycles. The zero-order valence-corrected chi connectivity index (χ0v) is 8.59. The third-order valence-electron chi connectivity index (χ3n) is 2.11. The van der Waals surface area contributed by atoms with Crippen molar-refractivity contribution in [1.82, 2.24) is 24.8 Å². The number of nitrogens with zero attached hydrogens (tertiary/aromatic N) is 4. The normalized spacial score (nSPS) is 10.5. The Labute approximate surface area is 88.2 Å². The highest BCUT2D eigenvalue weighted by Crippen LogP contribution is 1.94. The lowest BCUT2D eigenvalue weighted by Gasteiger charge is -2.03. The predicted octanol–water partition coefficient (Wildman–Crippen LogP) is 0.500. The van der Waals surface area contributed by atoms with E-state index < -0.39 is 0 Å². The first kappa shape index (κ1) is 9.79. The molecule has 0 atom stereocenters. The van der Waals surface area contributed by atoms with Gasteiger partial charge >= 0.3 is 0 Å². The molecule has 0 amide bonds. The van der Waals surface area contributed by atoms with Crippen molar-refractivity contribution in [2.75, 3.05) is 0 Å². The average Bonchev–Trinajstić information content (AvgIpc) is 2.66. The minimum Gasteiger partial charge on any atom is -0.337 e. The second-order valence-electron chi connectivity index (χ2n) is 3.22. The molecule has 2 rings (SSSR count). The van der Waals surface area contributed by atoms with Crippen molar-refractivity contribution in [1.29, 1.82) is 0 Å². The smallest absolute Gasteiger partial charge is 0.141 e. The van der Waals surface area contributed by atoms with Crippen LogP contribution in [0.5, 0.6) is 0 Å². The van der Waals surface area contributed by atoms with Gasteiger partial charge in [-0.2, -0.15) is 0 Å². The van der Waals surface area contributed by atoms with Crippen molar-refractivity contribution in [2.24, 2.45) is 7.05 Å². The molecule has 0 bridgehead atoms. The Morgan fingerprint density at radius 2 is 1.93 bits per heavy atom. The van der Waals surface area contributed by atoms with Gasteiger partial charge in [0.2, 0.25) is 0 Å². The van der Waals surface area contributed by atoms with Crippen molar-refractivity contribution in [3.8, 4) is 0 Å². The Balaban J connectivity index is 1.83. The molecule has 0 fully saturated rings. The van der Waals surface area contributed by atoms with Crippen LogP contribution in [0, 0.1) is 0 Å². The van der Waals surface area contributed by atoms with E-state index in [-0.39, 0.29) is 0 Å². The molecule has 1 N–H and O–H groups in total. The highest BCUT2D eigenvalue weighted by atomic mass is 15.1. The van der Waals surface area contributed by atoms with E-state index in [1.54, 1.807) is 18.6 Å². The monoisotopic (exact) mass is 203 g/mol. The van der Waals surface area contributed by atoms with E-state index in [2.05, 4.69) is 20.3 Å². The fraction of sp³-hybridized carbons (Fsp3) is 0.300. The van der Waals surface area contributed by atoms with Gasteiger partial charge in [-0.3, -0.25) is 0 Å². The van der Waals surface area contributed by atoms with Gasteiger partial charge in [0.05, 0.1) is 13.1 Å². The maximum absolute atomic E-state index is 4.21. The molecule has 0 spiro atoms. The number of rotatable bonds is 4. The summed E-state index contributed by atoms with van der Waals surface area (Å²) in [5, 5.41) is 3.24. The second-order valence-corrected chi connectivity index (χ2v) is 3.22. The summed E-state index contributed by atoms with van der Waals surface area (Å²) in [5.74, 6) is 1.80. The zero-order valence-electron chi connectivity index (χ0n) is 8.59. The average molecular weight is 203 g/mol. The Morgan fingerprint density at radius 1 is 1.13 bits per heavy atom. The van der Waals surface area contributed by atoms with Crippen molar-refractivity contribution in [3.63, 3.8) is 0 Å². The third kappa shape index (κ3) is 2.60. The van der Waals surface area contributed by atoms with E-state index in [9.17, 15) is 0 Å². The van der Waals surface area contributed by atoms with Crippen molar-refractivity contribution >= 4 is 0 Å². The van der Waals surface area contributed by atoms with E-state index in [4.69, 9.17) is 0 Å². The van der Waals surface area contributed by atoms with Crippen LogP contribution in [0.3, 0.4) is 0 Å². The molecule has 78 valence electrons. The molecule has 2 heterocycles. The number of nitrogens with one attached hydrogen (secondary N) is 1. The van der Waals surface area contributed by atoms with E-state index >= 15 is 0 Å². The van der Waals surface area contributed by atoms with E-state index in [0.29, 0.717) is 6.54 Å². The summed E-state index contributed by atoms with van der Waals surface area (Å²) in [6, 6.07) is 1.81. The molecule has 0 aliphatic heterocycles. The fourth-order valence-corrected chi connectivity index (χ4v) is 1.27. The maximum atomic E-state index is 4.21. The van der Waals surface area contributed by atoms with E-state index in [1.807, 2.05) is 23.9 Å². The molecule has 0 unspecified atom stereocenters. The molecule has 0 aromatic carbocycles. The molecular weight excluding hydrogens is 190 g/mol. The topological polar surface area (TPSA) is 55.6 Å². The Bertz CT molecular complexity index is 409. The van der Waals surface area contributed by atoms with Gasteiger partial charge in [0.15, 0.2) is 0 Å². The van der Waals surface area contributed by atoms with Crippen LogP contribution in [0.4, 0.5) is 0 Å². The number of aryl methyl sites for hydroxylation is 1. The SMILES string of the molecule is Cn1ccnc1CNCc1ncccn1. The van der Waals surface area contributed by atoms with Gasteiger partial charge in [0.1, 0.15) is 11.6 Å². The van der Waals surface area contributed by atoms with E-state index in [1.165, 1.54) is 0 Å². The van der Waals surface area contributed by atoms with Crippen LogP contribution in [-0.2, 0) is 20.1 Å². The summed E-state index contributed by atoms with van der Waals surface area (Å²) in [5.41, 5.74) is 0. The van der Waals surface area contributed by atoms with Gasteiger partial charge in [-0.05, 0) is 6.07 Å². The standard InChI is InChI=1S/C10H13N5/c1-15-6-5-14-10(15)8-11-7-9-12-3-2-4-13-9/h2-6,11H,7-8H2,1H3. The molecule has 2 aromatic rings. The van der Waals surface area contributed by atoms with Crippen LogP contribution in [0.2, 0.25) is 0 Å². The third-order valence-corrected chi connectivity index (χ3v) is 2.11. The van der Waals surface area contributed by atoms with Crippen molar-refractivity contribution in [2.45, 2.75) is 13.1 Å². The Kier molecular flexibility index (Phi) is 3.04. The quantitative estimate of drug-likeness (QED) is 0.786. The van der Waals surface area contributed by atoms with Gasteiger partial charge in [0.25, 0.3) is 0 Å². The number of hydrogen-bond donors (Lipinski definition) is 1. The molecule has 5 heteroatoms. The van der Waals surface area contributed by atoms with Crippen LogP contribution >= 0.6 is 0 Å². The molecule has 15 heavy (non-hydrogen) atoms. The zero-order chi connectivity index (χ0) is 10.5. The largest absolute Gasteiger partial charge is 0.337 e. The van der Waals surface area contributed by atoms with Crippen molar-refractivity contribution in [3.05, 3.63) is 42.5 Å². The summed E-state index contributed by atoms with van der Waals surface area (Å²) in [4.78, 5) is 12.4. The summed E-state index contributed by atoms with van der Waals surface area (Å²) in [7, 11) is 1.98. The van der Waals surface area contributed by atoms with Gasteiger partial charge in [-0.25, -0.2) is 15.0 Å². The Hall–Kier alpha value is -1.75. The van der Waals surface area contributed by atoms with Gasteiger partial charge in [-0.1, -0.05) is 0 Å². The second kappa shape index (κ2) is 4.65. The molecule has 5 nitrogen and oxygen atoms in total. The lowest BCUT2D eigenvalue weighted by molar-refractivity contribution is 0.619. The minimum absolute atomic E-state index is 0.660. The first-order valence-corrected chi connectivity index (χ1v) is 4.79. The lowest BCUT2D eigenvalue weighted by atomic mass is 10.5. The van der Waals surface area contributed by atoms with Crippen LogP contribution in [0.15, 0.2) is 30.9 Å². The first-order valence-electron chi connectivity index (χ1n) is 4.79. The first-order chi connectivity index (χ1) is 7.36. The molecule has 0 saturated heterocycles. The molecule has 0 aliphatic rings. The van der Waals surface area contributed by atoms with Gasteiger partial charge < -0.3 is 9.88 Å². The Morgan fingerprint density at radius 3 is 2.60 bits per heavy atom. The lowest BCUT2D eigenvalue weighted by Crippen LogP contribution is -2.17. The minimum atomic E-state index is 0.660. The summed E-state index contributed by atoms with van der Waals surface area (Å²) >= 11 is 0. The summed E-state index contributed by atoms with van der Waals surface area (Å²) in [6.07, 6.45) is 7.20. The number of hydrogen-bond acceptors (Lipinski definition) is 4. The van der Waals surface area contributed by atoms with Gasteiger partial charge in [-0.15, -0.1) is 0 Å².